The number of imide groups is 1. The van der Waals surface area contributed by atoms with Crippen LogP contribution in [0.15, 0.2) is 72.8 Å². The van der Waals surface area contributed by atoms with Crippen LogP contribution in [-0.2, 0) is 16.1 Å². The number of nitrogens with one attached hydrogen (secondary N) is 1. The van der Waals surface area contributed by atoms with Crippen molar-refractivity contribution in [3.63, 3.8) is 0 Å². The number of esters is 1. The summed E-state index contributed by atoms with van der Waals surface area (Å²) in [5.41, 5.74) is 2.03. The van der Waals surface area contributed by atoms with Gasteiger partial charge in [-0.05, 0) is 66.6 Å². The van der Waals surface area contributed by atoms with E-state index in [2.05, 4.69) is 5.32 Å². The predicted octanol–water partition coefficient (Wildman–Crippen LogP) is 5.92. The van der Waals surface area contributed by atoms with E-state index in [1.165, 1.54) is 12.0 Å². The molecule has 0 bridgehead atoms. The van der Waals surface area contributed by atoms with E-state index < -0.39 is 12.1 Å². The minimum Gasteiger partial charge on any atom is -0.465 e. The molecule has 1 aliphatic rings. The van der Waals surface area contributed by atoms with E-state index in [4.69, 9.17) is 21.1 Å². The van der Waals surface area contributed by atoms with Crippen molar-refractivity contribution in [3.8, 4) is 11.5 Å². The summed E-state index contributed by atoms with van der Waals surface area (Å²) in [5, 5.41) is 3.94. The summed E-state index contributed by atoms with van der Waals surface area (Å²) in [6.07, 6.45) is 0.319. The Morgan fingerprint density at radius 1 is 1.03 bits per heavy atom. The van der Waals surface area contributed by atoms with E-state index in [-0.39, 0.29) is 18.4 Å². The van der Waals surface area contributed by atoms with E-state index in [0.717, 1.165) is 11.3 Å². The van der Waals surface area contributed by atoms with Crippen LogP contribution in [0.3, 0.4) is 0 Å². The monoisotopic (exact) mass is 521 g/mol. The molecule has 4 rings (SSSR count). The molecule has 1 aliphatic heterocycles. The lowest BCUT2D eigenvalue weighted by Gasteiger charge is -2.41. The number of rotatable bonds is 9. The number of anilines is 1. The molecule has 37 heavy (non-hydrogen) atoms. The molecule has 1 saturated heterocycles. The van der Waals surface area contributed by atoms with Gasteiger partial charge in [0.15, 0.2) is 0 Å². The van der Waals surface area contributed by atoms with Crippen LogP contribution in [-0.4, -0.2) is 47.5 Å². The second-order valence-electron chi connectivity index (χ2n) is 8.59. The zero-order valence-electron chi connectivity index (χ0n) is 20.6. The number of urea groups is 1. The number of carbonyl (C=O) groups excluding carboxylic acids is 3. The third kappa shape index (κ3) is 6.40. The molecular weight excluding hydrogens is 494 g/mol. The third-order valence-corrected chi connectivity index (χ3v) is 6.17. The van der Waals surface area contributed by atoms with Crippen LogP contribution in [0.4, 0.5) is 10.5 Å². The fourth-order valence-corrected chi connectivity index (χ4v) is 4.20. The Balaban J connectivity index is 1.49. The second kappa shape index (κ2) is 11.8. The number of hydrogen-bond acceptors (Lipinski definition) is 6. The Kier molecular flexibility index (Phi) is 8.30. The Bertz CT molecular complexity index is 1260. The van der Waals surface area contributed by atoms with Gasteiger partial charge in [0.1, 0.15) is 17.7 Å². The van der Waals surface area contributed by atoms with Crippen molar-refractivity contribution in [3.05, 3.63) is 88.9 Å². The number of carbonyl (C=O) groups is 3. The first kappa shape index (κ1) is 26.0. The number of ether oxygens (including phenoxy) is 2. The van der Waals surface area contributed by atoms with E-state index >= 15 is 0 Å². The first-order valence-electron chi connectivity index (χ1n) is 12.0. The van der Waals surface area contributed by atoms with Gasteiger partial charge in [0.05, 0.1) is 19.1 Å². The van der Waals surface area contributed by atoms with E-state index in [1.807, 2.05) is 31.2 Å². The van der Waals surface area contributed by atoms with Gasteiger partial charge in [0.25, 0.3) is 0 Å². The van der Waals surface area contributed by atoms with Crippen LogP contribution in [0.2, 0.25) is 5.02 Å². The molecule has 1 heterocycles. The minimum absolute atomic E-state index is 0.151. The van der Waals surface area contributed by atoms with Gasteiger partial charge in [-0.3, -0.25) is 14.6 Å². The molecule has 1 N–H and O–H groups in total. The number of nitrogens with zero attached hydrogens (tertiary/aromatic N) is 2. The fraction of sp³-hybridized carbons (Fsp3) is 0.250. The van der Waals surface area contributed by atoms with Gasteiger partial charge in [0, 0.05) is 23.8 Å². The molecule has 8 nitrogen and oxygen atoms in total. The first-order chi connectivity index (χ1) is 17.9. The number of amides is 3. The maximum atomic E-state index is 13.3. The molecule has 9 heteroatoms. The smallest absolute Gasteiger partial charge is 0.337 e. The summed E-state index contributed by atoms with van der Waals surface area (Å²) in [6, 6.07) is 20.9. The van der Waals surface area contributed by atoms with E-state index in [1.54, 1.807) is 53.4 Å². The molecule has 1 unspecified atom stereocenters. The fourth-order valence-electron chi connectivity index (χ4n) is 4.07. The summed E-state index contributed by atoms with van der Waals surface area (Å²) < 4.78 is 10.6. The summed E-state index contributed by atoms with van der Waals surface area (Å²) in [6.45, 7) is 2.65. The highest BCUT2D eigenvalue weighted by Crippen LogP contribution is 2.27. The first-order valence-corrected chi connectivity index (χ1v) is 12.3. The van der Waals surface area contributed by atoms with Crippen LogP contribution in [0.1, 0.15) is 35.7 Å². The van der Waals surface area contributed by atoms with Crippen molar-refractivity contribution < 1.29 is 23.9 Å². The molecule has 0 spiro atoms. The molecule has 3 aromatic carbocycles. The molecule has 0 radical (unpaired) electrons. The second-order valence-corrected chi connectivity index (χ2v) is 9.03. The zero-order valence-corrected chi connectivity index (χ0v) is 21.4. The quantitative estimate of drug-likeness (QED) is 0.351. The zero-order chi connectivity index (χ0) is 26.4. The number of methoxy groups -OCH3 is 1. The van der Waals surface area contributed by atoms with Gasteiger partial charge < -0.3 is 14.8 Å². The molecule has 3 aromatic rings. The largest absolute Gasteiger partial charge is 0.465 e. The molecule has 1 atom stereocenters. The highest BCUT2D eigenvalue weighted by Gasteiger charge is 2.38. The average Bonchev–Trinajstić information content (AvgIpc) is 2.90. The average molecular weight is 522 g/mol. The maximum Gasteiger partial charge on any atom is 0.337 e. The minimum atomic E-state index is -0.521. The maximum absolute atomic E-state index is 13.3. The lowest BCUT2D eigenvalue weighted by atomic mass is 10.1. The summed E-state index contributed by atoms with van der Waals surface area (Å²) in [7, 11) is 1.33. The van der Waals surface area contributed by atoms with Gasteiger partial charge in [-0.2, -0.15) is 0 Å². The summed E-state index contributed by atoms with van der Waals surface area (Å²) in [5.74, 6) is 0.414. The van der Waals surface area contributed by atoms with Crippen LogP contribution in [0, 0.1) is 0 Å². The standard InChI is InChI=1S/C28H28ClN3O5/c1-3-15-31-26(33)17-25(32(28(31)35)18-19-7-9-21(29)10-8-19)30-22-11-13-23(14-12-22)37-24-6-4-5-20(16-24)27(34)36-2/h4-14,16,25,30H,3,15,17-18H2,1-2H3. The van der Waals surface area contributed by atoms with Crippen molar-refractivity contribution in [2.75, 3.05) is 19.0 Å². The highest BCUT2D eigenvalue weighted by atomic mass is 35.5. The van der Waals surface area contributed by atoms with Crippen LogP contribution < -0.4 is 10.1 Å². The molecule has 1 fully saturated rings. The van der Waals surface area contributed by atoms with E-state index in [9.17, 15) is 14.4 Å². The molecule has 0 saturated carbocycles. The van der Waals surface area contributed by atoms with Gasteiger partial charge in [0.2, 0.25) is 5.91 Å². The topological polar surface area (TPSA) is 88.2 Å². The van der Waals surface area contributed by atoms with Gasteiger partial charge in [-0.15, -0.1) is 0 Å². The number of benzene rings is 3. The van der Waals surface area contributed by atoms with E-state index in [0.29, 0.717) is 41.6 Å². The highest BCUT2D eigenvalue weighted by molar-refractivity contribution is 6.30. The van der Waals surface area contributed by atoms with Crippen molar-refractivity contribution in [2.24, 2.45) is 0 Å². The lowest BCUT2D eigenvalue weighted by molar-refractivity contribution is -0.132. The molecule has 0 aromatic heterocycles. The molecule has 192 valence electrons. The SMILES string of the molecule is CCCN1C(=O)CC(Nc2ccc(Oc3cccc(C(=O)OC)c3)cc2)N(Cc2ccc(Cl)cc2)C1=O. The lowest BCUT2D eigenvalue weighted by Crippen LogP contribution is -2.58. The number of halogens is 1. The van der Waals surface area contributed by atoms with Crippen LogP contribution >= 0.6 is 11.6 Å². The van der Waals surface area contributed by atoms with Crippen LogP contribution in [0.25, 0.3) is 0 Å². The Morgan fingerprint density at radius 2 is 1.76 bits per heavy atom. The van der Waals surface area contributed by atoms with Gasteiger partial charge >= 0.3 is 12.0 Å². The summed E-state index contributed by atoms with van der Waals surface area (Å²) in [4.78, 5) is 40.8. The Labute approximate surface area is 220 Å². The Hall–Kier alpha value is -4.04. The van der Waals surface area contributed by atoms with Gasteiger partial charge in [-0.1, -0.05) is 36.7 Å². The van der Waals surface area contributed by atoms with Gasteiger partial charge in [-0.25, -0.2) is 9.59 Å². The van der Waals surface area contributed by atoms with Crippen LogP contribution in [0.5, 0.6) is 11.5 Å². The summed E-state index contributed by atoms with van der Waals surface area (Å²) >= 11 is 6.02. The van der Waals surface area contributed by atoms with Crippen molar-refractivity contribution in [1.29, 1.82) is 0 Å². The third-order valence-electron chi connectivity index (χ3n) is 5.91. The van der Waals surface area contributed by atoms with Crippen molar-refractivity contribution in [2.45, 2.75) is 32.5 Å². The normalized spacial score (nSPS) is 15.5. The predicted molar refractivity (Wildman–Crippen MR) is 141 cm³/mol. The van der Waals surface area contributed by atoms with Crippen molar-refractivity contribution >= 4 is 35.2 Å². The van der Waals surface area contributed by atoms with Crippen molar-refractivity contribution in [1.82, 2.24) is 9.80 Å². The Morgan fingerprint density at radius 3 is 2.43 bits per heavy atom. The molecule has 3 amide bonds. The molecular formula is C28H28ClN3O5. The number of hydrogen-bond donors (Lipinski definition) is 1. The molecule has 0 aliphatic carbocycles.